The summed E-state index contributed by atoms with van der Waals surface area (Å²) in [6.07, 6.45) is 6.29. The van der Waals surface area contributed by atoms with E-state index in [4.69, 9.17) is 9.97 Å². The summed E-state index contributed by atoms with van der Waals surface area (Å²) in [6, 6.07) is 5.95. The molecule has 2 N–H and O–H groups in total. The van der Waals surface area contributed by atoms with Gasteiger partial charge in [0.15, 0.2) is 5.82 Å². The molecule has 122 valence electrons. The Hall–Kier alpha value is -2.50. The van der Waals surface area contributed by atoms with Gasteiger partial charge in [0.1, 0.15) is 11.5 Å². The molecule has 0 spiro atoms. The first-order chi connectivity index (χ1) is 11.7. The van der Waals surface area contributed by atoms with Crippen molar-refractivity contribution in [3.63, 3.8) is 0 Å². The summed E-state index contributed by atoms with van der Waals surface area (Å²) >= 11 is 0. The zero-order valence-corrected chi connectivity index (χ0v) is 13.2. The summed E-state index contributed by atoms with van der Waals surface area (Å²) < 4.78 is 0. The van der Waals surface area contributed by atoms with Gasteiger partial charge in [0.25, 0.3) is 0 Å². The summed E-state index contributed by atoms with van der Waals surface area (Å²) in [5.74, 6) is 1.14. The molecule has 2 fully saturated rings. The molecule has 6 nitrogen and oxygen atoms in total. The van der Waals surface area contributed by atoms with Crippen molar-refractivity contribution in [2.45, 2.75) is 38.1 Å². The first-order valence-corrected chi connectivity index (χ1v) is 8.48. The second-order valence-electron chi connectivity index (χ2n) is 7.12. The summed E-state index contributed by atoms with van der Waals surface area (Å²) in [6.45, 7) is 0. The lowest BCUT2D eigenvalue weighted by Gasteiger charge is -2.33. The third kappa shape index (κ3) is 1.89. The van der Waals surface area contributed by atoms with Crippen molar-refractivity contribution in [3.8, 4) is 11.5 Å². The molecule has 24 heavy (non-hydrogen) atoms. The quantitative estimate of drug-likeness (QED) is 0.898. The molecule has 3 atom stereocenters. The third-order valence-electron chi connectivity index (χ3n) is 5.78. The minimum Gasteiger partial charge on any atom is -0.481 e. The van der Waals surface area contributed by atoms with Crippen LogP contribution in [0.2, 0.25) is 0 Å². The highest BCUT2D eigenvalue weighted by Gasteiger charge is 2.72. The topological polar surface area (TPSA) is 88.0 Å². The number of anilines is 1. The number of aryl methyl sites for hydroxylation is 1. The highest BCUT2D eigenvalue weighted by Crippen LogP contribution is 2.68. The molecule has 6 heteroatoms. The molecule has 0 saturated heterocycles. The molecular weight excluding hydrogens is 304 g/mol. The summed E-state index contributed by atoms with van der Waals surface area (Å²) in [5.41, 5.74) is 2.63. The highest BCUT2D eigenvalue weighted by molar-refractivity contribution is 5.81. The van der Waals surface area contributed by atoms with Crippen LogP contribution in [0.5, 0.6) is 0 Å². The van der Waals surface area contributed by atoms with Crippen molar-refractivity contribution >= 4 is 11.8 Å². The Balaban J connectivity index is 1.46. The van der Waals surface area contributed by atoms with Crippen LogP contribution in [0.3, 0.4) is 0 Å². The predicted octanol–water partition coefficient (Wildman–Crippen LogP) is 2.30. The molecule has 0 amide bonds. The standard InChI is InChI=1S/C18H18N4O2/c23-17(24)18-8-11(18)14(9-18)21-15-10-4-3-6-12(10)20-16(22-15)13-5-1-2-7-19-13/h1-2,5,7,11,14H,3-4,6,8-9H2,(H,23,24)(H,20,21,22)/t11-,14-,18-/m0/s1. The van der Waals surface area contributed by atoms with Crippen LogP contribution in [-0.2, 0) is 17.6 Å². The van der Waals surface area contributed by atoms with Crippen LogP contribution < -0.4 is 5.32 Å². The van der Waals surface area contributed by atoms with E-state index >= 15 is 0 Å². The molecule has 3 aliphatic carbocycles. The number of pyridine rings is 1. The number of carboxylic acid groups (broad SMARTS) is 1. The van der Waals surface area contributed by atoms with E-state index in [1.54, 1.807) is 6.20 Å². The van der Waals surface area contributed by atoms with Crippen LogP contribution >= 0.6 is 0 Å². The summed E-state index contributed by atoms with van der Waals surface area (Å²) in [5, 5.41) is 12.8. The van der Waals surface area contributed by atoms with Crippen LogP contribution in [0.15, 0.2) is 24.4 Å². The highest BCUT2D eigenvalue weighted by atomic mass is 16.4. The second kappa shape index (κ2) is 4.75. The van der Waals surface area contributed by atoms with Crippen LogP contribution in [0.1, 0.15) is 30.5 Å². The summed E-state index contributed by atoms with van der Waals surface area (Å²) in [7, 11) is 0. The summed E-state index contributed by atoms with van der Waals surface area (Å²) in [4.78, 5) is 25.1. The Morgan fingerprint density at radius 2 is 2.17 bits per heavy atom. The smallest absolute Gasteiger partial charge is 0.310 e. The Morgan fingerprint density at radius 1 is 1.25 bits per heavy atom. The number of carbonyl (C=O) groups is 1. The van der Waals surface area contributed by atoms with E-state index in [0.29, 0.717) is 12.2 Å². The van der Waals surface area contributed by atoms with Gasteiger partial charge in [0.05, 0.1) is 5.41 Å². The molecule has 0 unspecified atom stereocenters. The Kier molecular flexibility index (Phi) is 2.75. The fourth-order valence-electron chi connectivity index (χ4n) is 4.29. The fourth-order valence-corrected chi connectivity index (χ4v) is 4.29. The van der Waals surface area contributed by atoms with E-state index < -0.39 is 11.4 Å². The van der Waals surface area contributed by atoms with Gasteiger partial charge in [-0.3, -0.25) is 9.78 Å². The van der Waals surface area contributed by atoms with Crippen molar-refractivity contribution < 1.29 is 9.90 Å². The van der Waals surface area contributed by atoms with Crippen molar-refractivity contribution in [2.75, 3.05) is 5.32 Å². The maximum absolute atomic E-state index is 11.3. The molecule has 3 aliphatic rings. The average molecular weight is 322 g/mol. The van der Waals surface area contributed by atoms with Crippen molar-refractivity contribution in [1.29, 1.82) is 0 Å². The first-order valence-electron chi connectivity index (χ1n) is 8.48. The van der Waals surface area contributed by atoms with Crippen LogP contribution in [0.4, 0.5) is 5.82 Å². The minimum absolute atomic E-state index is 0.220. The van der Waals surface area contributed by atoms with E-state index in [9.17, 15) is 9.90 Å². The number of hydrogen-bond acceptors (Lipinski definition) is 5. The van der Waals surface area contributed by atoms with E-state index in [1.165, 1.54) is 5.56 Å². The van der Waals surface area contributed by atoms with E-state index in [1.807, 2.05) is 18.2 Å². The average Bonchev–Trinajstić information content (AvgIpc) is 2.96. The van der Waals surface area contributed by atoms with Gasteiger partial charge in [-0.2, -0.15) is 0 Å². The first kappa shape index (κ1) is 13.9. The fraction of sp³-hybridized carbons (Fsp3) is 0.444. The lowest BCUT2D eigenvalue weighted by Crippen LogP contribution is -2.42. The molecule has 2 saturated carbocycles. The number of aliphatic carboxylic acids is 1. The Morgan fingerprint density at radius 3 is 2.88 bits per heavy atom. The van der Waals surface area contributed by atoms with E-state index in [-0.39, 0.29) is 12.0 Å². The molecule has 0 radical (unpaired) electrons. The van der Waals surface area contributed by atoms with Crippen LogP contribution in [-0.4, -0.2) is 32.1 Å². The molecule has 2 aromatic rings. The van der Waals surface area contributed by atoms with Crippen molar-refractivity contribution in [3.05, 3.63) is 35.7 Å². The number of nitrogens with zero attached hydrogens (tertiary/aromatic N) is 3. The van der Waals surface area contributed by atoms with E-state index in [0.717, 1.165) is 42.9 Å². The SMILES string of the molecule is O=C(O)[C@@]12C[C@H](Nc3nc(-c4ccccn4)nc4c3CCC4)[C@@H]1C2. The van der Waals surface area contributed by atoms with Crippen molar-refractivity contribution in [1.82, 2.24) is 15.0 Å². The monoisotopic (exact) mass is 322 g/mol. The van der Waals surface area contributed by atoms with Gasteiger partial charge in [-0.1, -0.05) is 6.07 Å². The number of carboxylic acids is 1. The number of fused-ring (bicyclic) bond motifs is 2. The maximum atomic E-state index is 11.3. The van der Waals surface area contributed by atoms with Gasteiger partial charge in [-0.25, -0.2) is 9.97 Å². The van der Waals surface area contributed by atoms with Gasteiger partial charge < -0.3 is 10.4 Å². The molecule has 0 bridgehead atoms. The maximum Gasteiger partial charge on any atom is 0.310 e. The number of hydrogen-bond donors (Lipinski definition) is 2. The third-order valence-corrected chi connectivity index (χ3v) is 5.78. The normalized spacial score (nSPS) is 29.3. The van der Waals surface area contributed by atoms with Crippen LogP contribution in [0, 0.1) is 11.3 Å². The predicted molar refractivity (Wildman–Crippen MR) is 87.5 cm³/mol. The van der Waals surface area contributed by atoms with Crippen LogP contribution in [0.25, 0.3) is 11.5 Å². The van der Waals surface area contributed by atoms with Gasteiger partial charge in [0, 0.05) is 23.5 Å². The molecule has 0 aliphatic heterocycles. The zero-order valence-electron chi connectivity index (χ0n) is 13.2. The molecule has 5 rings (SSSR count). The minimum atomic E-state index is -0.646. The molecule has 2 heterocycles. The molecule has 0 aromatic carbocycles. The number of aromatic nitrogens is 3. The van der Waals surface area contributed by atoms with Gasteiger partial charge >= 0.3 is 5.97 Å². The zero-order chi connectivity index (χ0) is 16.3. The lowest BCUT2D eigenvalue weighted by molar-refractivity contribution is -0.146. The van der Waals surface area contributed by atoms with E-state index in [2.05, 4.69) is 10.3 Å². The second-order valence-corrected chi connectivity index (χ2v) is 7.12. The number of nitrogens with one attached hydrogen (secondary N) is 1. The van der Waals surface area contributed by atoms with Crippen molar-refractivity contribution in [2.24, 2.45) is 11.3 Å². The van der Waals surface area contributed by atoms with Gasteiger partial charge in [0.2, 0.25) is 0 Å². The lowest BCUT2D eigenvalue weighted by atomic mass is 9.80. The van der Waals surface area contributed by atoms with Gasteiger partial charge in [-0.05, 0) is 50.2 Å². The largest absolute Gasteiger partial charge is 0.481 e. The Bertz CT molecular complexity index is 838. The number of rotatable bonds is 4. The molecule has 2 aromatic heterocycles. The van der Waals surface area contributed by atoms with Gasteiger partial charge in [-0.15, -0.1) is 0 Å². The molecular formula is C18H18N4O2. The Labute approximate surface area is 139 Å².